The maximum Gasteiger partial charge on any atom is -0.00145 e. The Labute approximate surface area is 69.9 Å². The monoisotopic (exact) mass is 170 g/mol. The Morgan fingerprint density at radius 2 is 1.40 bits per heavy atom. The smallest absolute Gasteiger partial charge is 0.00145 e. The van der Waals surface area contributed by atoms with Gasteiger partial charge in [0.1, 0.15) is 0 Å². The van der Waals surface area contributed by atoms with Gasteiger partial charge in [-0.25, -0.2) is 0 Å². The number of benzene rings is 1. The van der Waals surface area contributed by atoms with Crippen LogP contribution in [0.4, 0.5) is 0 Å². The minimum atomic E-state index is 0. The lowest BCUT2D eigenvalue weighted by Crippen LogP contribution is -1.57. The van der Waals surface area contributed by atoms with E-state index >= 15 is 0 Å². The molecule has 0 aliphatic heterocycles. The molecule has 0 nitrogen and oxygen atoms in total. The van der Waals surface area contributed by atoms with Gasteiger partial charge in [0.05, 0.1) is 0 Å². The molecular formula is C8H7ClS. The van der Waals surface area contributed by atoms with Gasteiger partial charge >= 0.3 is 0 Å². The Balaban J connectivity index is 0.000000500. The number of hydrogen-bond acceptors (Lipinski definition) is 1. The number of fused-ring (bicyclic) bond motifs is 1. The van der Waals surface area contributed by atoms with Crippen LogP contribution >= 0.6 is 23.7 Å². The Hall–Kier alpha value is -0.530. The average molecular weight is 171 g/mol. The van der Waals surface area contributed by atoms with Gasteiger partial charge in [-0.15, -0.1) is 12.4 Å². The zero-order chi connectivity index (χ0) is 6.10. The fourth-order valence-corrected chi connectivity index (χ4v) is 1.70. The highest BCUT2D eigenvalue weighted by molar-refractivity contribution is 7.09. The van der Waals surface area contributed by atoms with Gasteiger partial charge in [-0.3, -0.25) is 0 Å². The third kappa shape index (κ3) is 1.15. The van der Waals surface area contributed by atoms with Crippen molar-refractivity contribution >= 4 is 34.5 Å². The number of hydrogen-bond donors (Lipinski definition) is 0. The van der Waals surface area contributed by atoms with E-state index in [1.165, 1.54) is 10.8 Å². The van der Waals surface area contributed by atoms with Gasteiger partial charge in [-0.2, -0.15) is 11.3 Å². The van der Waals surface area contributed by atoms with Gasteiger partial charge in [0.25, 0.3) is 0 Å². The van der Waals surface area contributed by atoms with E-state index in [4.69, 9.17) is 0 Å². The normalized spacial score (nSPS) is 9.20. The molecule has 0 fully saturated rings. The lowest BCUT2D eigenvalue weighted by Gasteiger charge is -1.82. The van der Waals surface area contributed by atoms with E-state index in [0.29, 0.717) is 0 Å². The van der Waals surface area contributed by atoms with Crippen LogP contribution in [0.5, 0.6) is 0 Å². The Morgan fingerprint density at radius 3 is 1.90 bits per heavy atom. The van der Waals surface area contributed by atoms with Crippen molar-refractivity contribution in [2.75, 3.05) is 0 Å². The molecule has 0 atom stereocenters. The van der Waals surface area contributed by atoms with Crippen molar-refractivity contribution in [1.29, 1.82) is 0 Å². The van der Waals surface area contributed by atoms with E-state index in [-0.39, 0.29) is 12.4 Å². The van der Waals surface area contributed by atoms with Crippen molar-refractivity contribution in [2.24, 2.45) is 0 Å². The summed E-state index contributed by atoms with van der Waals surface area (Å²) in [6.45, 7) is 0. The van der Waals surface area contributed by atoms with E-state index < -0.39 is 0 Å². The summed E-state index contributed by atoms with van der Waals surface area (Å²) < 4.78 is 0. The maximum absolute atomic E-state index is 2.16. The molecule has 0 spiro atoms. The first kappa shape index (κ1) is 7.58. The van der Waals surface area contributed by atoms with Gasteiger partial charge in [-0.1, -0.05) is 24.3 Å². The highest BCUT2D eigenvalue weighted by atomic mass is 35.5. The summed E-state index contributed by atoms with van der Waals surface area (Å²) in [7, 11) is 0. The van der Waals surface area contributed by atoms with Crippen molar-refractivity contribution in [3.8, 4) is 0 Å². The summed E-state index contributed by atoms with van der Waals surface area (Å²) in [5.74, 6) is 0. The van der Waals surface area contributed by atoms with Crippen molar-refractivity contribution in [1.82, 2.24) is 0 Å². The minimum Gasteiger partial charge on any atom is -0.151 e. The molecule has 1 aromatic heterocycles. The Kier molecular flexibility index (Phi) is 2.30. The van der Waals surface area contributed by atoms with Gasteiger partial charge < -0.3 is 0 Å². The maximum atomic E-state index is 2.16. The highest BCUT2D eigenvalue weighted by Crippen LogP contribution is 2.17. The van der Waals surface area contributed by atoms with Crippen molar-refractivity contribution in [3.63, 3.8) is 0 Å². The van der Waals surface area contributed by atoms with Crippen LogP contribution in [0.3, 0.4) is 0 Å². The van der Waals surface area contributed by atoms with E-state index in [0.717, 1.165) is 0 Å². The largest absolute Gasteiger partial charge is 0.151 e. The van der Waals surface area contributed by atoms with Crippen molar-refractivity contribution < 1.29 is 0 Å². The van der Waals surface area contributed by atoms with Crippen molar-refractivity contribution in [3.05, 3.63) is 35.0 Å². The standard InChI is InChI=1S/C8H6S.ClH/c1-2-4-8-6-9-5-7(8)3-1;/h1-6H;1H. The first-order valence-corrected chi connectivity index (χ1v) is 3.82. The summed E-state index contributed by atoms with van der Waals surface area (Å²) in [6, 6.07) is 8.39. The zero-order valence-electron chi connectivity index (χ0n) is 5.28. The summed E-state index contributed by atoms with van der Waals surface area (Å²) in [5, 5.41) is 7.02. The van der Waals surface area contributed by atoms with E-state index in [1.807, 2.05) is 0 Å². The molecule has 0 aliphatic carbocycles. The molecule has 1 aromatic carbocycles. The fourth-order valence-electron chi connectivity index (χ4n) is 0.906. The number of rotatable bonds is 0. The summed E-state index contributed by atoms with van der Waals surface area (Å²) in [6.07, 6.45) is 0. The van der Waals surface area contributed by atoms with Crippen LogP contribution in [-0.2, 0) is 0 Å². The van der Waals surface area contributed by atoms with Gasteiger partial charge in [-0.05, 0) is 21.5 Å². The first-order valence-electron chi connectivity index (χ1n) is 2.88. The molecular weight excluding hydrogens is 164 g/mol. The molecule has 2 aromatic rings. The first-order chi connectivity index (χ1) is 4.47. The summed E-state index contributed by atoms with van der Waals surface area (Å²) in [4.78, 5) is 0. The van der Waals surface area contributed by atoms with Crippen LogP contribution in [0.1, 0.15) is 0 Å². The number of halogens is 1. The van der Waals surface area contributed by atoms with Crippen molar-refractivity contribution in [2.45, 2.75) is 0 Å². The third-order valence-corrected chi connectivity index (χ3v) is 2.17. The molecule has 52 valence electrons. The van der Waals surface area contributed by atoms with E-state index in [9.17, 15) is 0 Å². The zero-order valence-corrected chi connectivity index (χ0v) is 6.91. The van der Waals surface area contributed by atoms with E-state index in [1.54, 1.807) is 11.3 Å². The second-order valence-corrected chi connectivity index (χ2v) is 2.74. The predicted octanol–water partition coefficient (Wildman–Crippen LogP) is 3.32. The Morgan fingerprint density at radius 1 is 0.900 bits per heavy atom. The molecule has 0 bridgehead atoms. The topological polar surface area (TPSA) is 0 Å². The van der Waals surface area contributed by atoms with Crippen LogP contribution in [0.15, 0.2) is 35.0 Å². The van der Waals surface area contributed by atoms with Crippen LogP contribution in [-0.4, -0.2) is 0 Å². The molecule has 0 aliphatic rings. The van der Waals surface area contributed by atoms with Gasteiger partial charge in [0.15, 0.2) is 0 Å². The quantitative estimate of drug-likeness (QED) is 0.569. The van der Waals surface area contributed by atoms with Crippen LogP contribution in [0, 0.1) is 0 Å². The minimum absolute atomic E-state index is 0. The SMILES string of the molecule is Cl.c1ccc2cscc2c1. The second kappa shape index (κ2) is 3.04. The number of thiophene rings is 1. The highest BCUT2D eigenvalue weighted by Gasteiger charge is 1.87. The molecule has 2 rings (SSSR count). The molecule has 1 heterocycles. The van der Waals surface area contributed by atoms with Crippen LogP contribution in [0.2, 0.25) is 0 Å². The van der Waals surface area contributed by atoms with Crippen LogP contribution in [0.25, 0.3) is 10.8 Å². The predicted molar refractivity (Wildman–Crippen MR) is 49.1 cm³/mol. The molecule has 0 amide bonds. The lowest BCUT2D eigenvalue weighted by atomic mass is 10.2. The average Bonchev–Trinajstić information content (AvgIpc) is 2.33. The van der Waals surface area contributed by atoms with Gasteiger partial charge in [0.2, 0.25) is 0 Å². The fraction of sp³-hybridized carbons (Fsp3) is 0. The molecule has 2 heteroatoms. The second-order valence-electron chi connectivity index (χ2n) is 2.00. The summed E-state index contributed by atoms with van der Waals surface area (Å²) in [5.41, 5.74) is 0. The molecule has 0 unspecified atom stereocenters. The van der Waals surface area contributed by atoms with Gasteiger partial charge in [0, 0.05) is 0 Å². The Bertz CT molecular complexity index is 283. The molecule has 10 heavy (non-hydrogen) atoms. The third-order valence-electron chi connectivity index (χ3n) is 1.39. The molecule has 0 radical (unpaired) electrons. The molecule has 0 saturated carbocycles. The molecule has 0 saturated heterocycles. The van der Waals surface area contributed by atoms with E-state index in [2.05, 4.69) is 35.0 Å². The van der Waals surface area contributed by atoms with Crippen LogP contribution < -0.4 is 0 Å². The molecule has 0 N–H and O–H groups in total. The lowest BCUT2D eigenvalue weighted by molar-refractivity contribution is 1.85. The summed E-state index contributed by atoms with van der Waals surface area (Å²) >= 11 is 1.75.